The maximum atomic E-state index is 12.0. The number of carbonyl (C=O) groups excluding carboxylic acids is 1. The smallest absolute Gasteiger partial charge is 0.251 e. The number of nitrogens with one attached hydrogen (secondary N) is 1. The fourth-order valence-corrected chi connectivity index (χ4v) is 2.69. The summed E-state index contributed by atoms with van der Waals surface area (Å²) in [7, 11) is -3.68. The number of aryl methyl sites for hydroxylation is 1. The van der Waals surface area contributed by atoms with Crippen molar-refractivity contribution in [3.63, 3.8) is 0 Å². The van der Waals surface area contributed by atoms with Crippen LogP contribution in [0, 0.1) is 6.92 Å². The van der Waals surface area contributed by atoms with Gasteiger partial charge in [-0.2, -0.15) is 0 Å². The van der Waals surface area contributed by atoms with Gasteiger partial charge < -0.3 is 5.32 Å². The molecule has 0 radical (unpaired) electrons. The van der Waals surface area contributed by atoms with Crippen molar-refractivity contribution in [2.75, 3.05) is 6.54 Å². The monoisotopic (exact) mass is 352 g/mol. The van der Waals surface area contributed by atoms with E-state index in [-0.39, 0.29) is 10.8 Å². The molecule has 0 unspecified atom stereocenters. The summed E-state index contributed by atoms with van der Waals surface area (Å²) in [5, 5.41) is 8.48. The predicted molar refractivity (Wildman–Crippen MR) is 90.0 cm³/mol. The zero-order valence-corrected chi connectivity index (χ0v) is 14.1. The number of amides is 1. The van der Waals surface area contributed by atoms with E-state index in [1.165, 1.54) is 12.1 Å². The molecule has 0 bridgehead atoms. The van der Waals surface area contributed by atoms with Gasteiger partial charge in [0.05, 0.1) is 4.90 Å². The quantitative estimate of drug-likeness (QED) is 0.865. The normalized spacial score (nSPS) is 11.3. The van der Waals surface area contributed by atoms with E-state index in [9.17, 15) is 13.2 Å². The lowest BCUT2D eigenvalue weighted by Gasteiger charge is -2.07. The molecule has 0 aliphatic carbocycles. The molecule has 0 fully saturated rings. The van der Waals surface area contributed by atoms with Crippen molar-refractivity contribution in [2.24, 2.45) is 5.14 Å². The summed E-state index contributed by atoms with van der Waals surface area (Å²) < 4.78 is 22.3. The second-order valence-corrected chi connectivity index (χ2v) is 7.13. The first-order valence-corrected chi connectivity index (χ1v) is 8.86. The van der Waals surface area contributed by atoms with Gasteiger partial charge in [-0.25, -0.2) is 13.6 Å². The Bertz CT molecular complexity index is 818. The Hall–Kier alpha value is -1.89. The van der Waals surface area contributed by atoms with E-state index in [4.69, 9.17) is 16.7 Å². The van der Waals surface area contributed by atoms with Crippen LogP contribution in [0.1, 0.15) is 21.5 Å². The van der Waals surface area contributed by atoms with Gasteiger partial charge in [-0.05, 0) is 54.8 Å². The van der Waals surface area contributed by atoms with Gasteiger partial charge in [0, 0.05) is 17.1 Å². The molecule has 2 aromatic rings. The lowest BCUT2D eigenvalue weighted by atomic mass is 10.1. The molecule has 1 amide bonds. The minimum atomic E-state index is -3.68. The summed E-state index contributed by atoms with van der Waals surface area (Å²) in [6.07, 6.45) is 0.587. The molecule has 0 aliphatic rings. The molecule has 0 saturated carbocycles. The average Bonchev–Trinajstić information content (AvgIpc) is 2.49. The number of nitrogens with two attached hydrogens (primary N) is 1. The molecule has 23 heavy (non-hydrogen) atoms. The lowest BCUT2D eigenvalue weighted by Crippen LogP contribution is -2.25. The molecule has 0 aromatic heterocycles. The molecule has 2 rings (SSSR count). The molecular weight excluding hydrogens is 336 g/mol. The molecule has 2 aromatic carbocycles. The van der Waals surface area contributed by atoms with Gasteiger partial charge in [0.2, 0.25) is 10.0 Å². The highest BCUT2D eigenvalue weighted by Crippen LogP contribution is 2.16. The number of carbonyl (C=O) groups is 1. The van der Waals surface area contributed by atoms with Crippen LogP contribution >= 0.6 is 11.6 Å². The second kappa shape index (κ2) is 7.12. The van der Waals surface area contributed by atoms with Crippen molar-refractivity contribution in [3.8, 4) is 0 Å². The number of sulfonamides is 1. The lowest BCUT2D eigenvalue weighted by molar-refractivity contribution is 0.0954. The van der Waals surface area contributed by atoms with Crippen LogP contribution in [0.3, 0.4) is 0 Å². The van der Waals surface area contributed by atoms with E-state index in [1.54, 1.807) is 30.3 Å². The van der Waals surface area contributed by atoms with Crippen molar-refractivity contribution >= 4 is 27.5 Å². The molecule has 7 heteroatoms. The van der Waals surface area contributed by atoms with Crippen molar-refractivity contribution in [2.45, 2.75) is 18.2 Å². The number of hydrogen-bond donors (Lipinski definition) is 2. The summed E-state index contributed by atoms with van der Waals surface area (Å²) in [5.41, 5.74) is 2.30. The topological polar surface area (TPSA) is 89.3 Å². The van der Waals surface area contributed by atoms with Crippen molar-refractivity contribution in [1.82, 2.24) is 5.32 Å². The van der Waals surface area contributed by atoms with Gasteiger partial charge in [0.1, 0.15) is 0 Å². The third-order valence-electron chi connectivity index (χ3n) is 3.37. The molecule has 0 atom stereocenters. The van der Waals surface area contributed by atoms with Crippen molar-refractivity contribution in [3.05, 3.63) is 64.2 Å². The van der Waals surface area contributed by atoms with Crippen LogP contribution in [0.25, 0.3) is 0 Å². The first-order valence-electron chi connectivity index (χ1n) is 6.93. The van der Waals surface area contributed by atoms with E-state index in [1.807, 2.05) is 6.92 Å². The van der Waals surface area contributed by atoms with Crippen LogP contribution in [-0.2, 0) is 16.4 Å². The number of halogens is 1. The van der Waals surface area contributed by atoms with Gasteiger partial charge >= 0.3 is 0 Å². The first-order chi connectivity index (χ1) is 10.8. The van der Waals surface area contributed by atoms with Crippen molar-refractivity contribution in [1.29, 1.82) is 0 Å². The number of primary sulfonamides is 1. The molecule has 0 heterocycles. The zero-order valence-electron chi connectivity index (χ0n) is 12.5. The Morgan fingerprint density at radius 3 is 2.39 bits per heavy atom. The van der Waals surface area contributed by atoms with E-state index in [0.717, 1.165) is 11.1 Å². The minimum absolute atomic E-state index is 0.0712. The number of benzene rings is 2. The summed E-state index contributed by atoms with van der Waals surface area (Å²) in [5.74, 6) is -0.175. The van der Waals surface area contributed by atoms with Gasteiger partial charge in [-0.3, -0.25) is 4.79 Å². The minimum Gasteiger partial charge on any atom is -0.352 e. The predicted octanol–water partition coefficient (Wildman–Crippen LogP) is 2.27. The largest absolute Gasteiger partial charge is 0.352 e. The zero-order chi connectivity index (χ0) is 17.0. The second-order valence-electron chi connectivity index (χ2n) is 5.16. The molecule has 0 spiro atoms. The Morgan fingerprint density at radius 2 is 1.83 bits per heavy atom. The van der Waals surface area contributed by atoms with E-state index in [2.05, 4.69) is 5.32 Å². The van der Waals surface area contributed by atoms with Crippen LogP contribution in [0.2, 0.25) is 5.02 Å². The first kappa shape index (κ1) is 17.5. The number of rotatable bonds is 5. The number of hydrogen-bond acceptors (Lipinski definition) is 3. The van der Waals surface area contributed by atoms with E-state index >= 15 is 0 Å². The Labute approximate surface area is 140 Å². The van der Waals surface area contributed by atoms with Crippen LogP contribution in [0.15, 0.2) is 47.4 Å². The molecule has 0 saturated heterocycles. The van der Waals surface area contributed by atoms with Gasteiger partial charge in [0.15, 0.2) is 0 Å². The standard InChI is InChI=1S/C16H17ClN2O3S/c1-11-10-13(4-7-15(11)17)16(20)19-9-8-12-2-5-14(6-3-12)23(18,21)22/h2-7,10H,8-9H2,1H3,(H,19,20)(H2,18,21,22). The van der Waals surface area contributed by atoms with E-state index in [0.29, 0.717) is 23.6 Å². The van der Waals surface area contributed by atoms with Crippen LogP contribution < -0.4 is 10.5 Å². The van der Waals surface area contributed by atoms with Gasteiger partial charge in [-0.1, -0.05) is 23.7 Å². The molecule has 0 aliphatic heterocycles. The third-order valence-corrected chi connectivity index (χ3v) is 4.72. The highest BCUT2D eigenvalue weighted by molar-refractivity contribution is 7.89. The Balaban J connectivity index is 1.91. The molecule has 3 N–H and O–H groups in total. The van der Waals surface area contributed by atoms with E-state index < -0.39 is 10.0 Å². The third kappa shape index (κ3) is 4.79. The Morgan fingerprint density at radius 1 is 1.17 bits per heavy atom. The fraction of sp³-hybridized carbons (Fsp3) is 0.188. The van der Waals surface area contributed by atoms with Gasteiger partial charge in [-0.15, -0.1) is 0 Å². The van der Waals surface area contributed by atoms with Crippen LogP contribution in [0.4, 0.5) is 0 Å². The summed E-state index contributed by atoms with van der Waals surface area (Å²) >= 11 is 5.93. The maximum absolute atomic E-state index is 12.0. The summed E-state index contributed by atoms with van der Waals surface area (Å²) in [6, 6.07) is 11.4. The summed E-state index contributed by atoms with van der Waals surface area (Å²) in [4.78, 5) is 12.1. The molecule has 5 nitrogen and oxygen atoms in total. The van der Waals surface area contributed by atoms with Crippen LogP contribution in [-0.4, -0.2) is 20.9 Å². The Kier molecular flexibility index (Phi) is 5.41. The summed E-state index contributed by atoms with van der Waals surface area (Å²) in [6.45, 7) is 2.28. The molecular formula is C16H17ClN2O3S. The van der Waals surface area contributed by atoms with Crippen molar-refractivity contribution < 1.29 is 13.2 Å². The highest BCUT2D eigenvalue weighted by Gasteiger charge is 2.08. The highest BCUT2D eigenvalue weighted by atomic mass is 35.5. The van der Waals surface area contributed by atoms with Gasteiger partial charge in [0.25, 0.3) is 5.91 Å². The maximum Gasteiger partial charge on any atom is 0.251 e. The SMILES string of the molecule is Cc1cc(C(=O)NCCc2ccc(S(N)(=O)=O)cc2)ccc1Cl. The van der Waals surface area contributed by atoms with Crippen LogP contribution in [0.5, 0.6) is 0 Å². The molecule has 122 valence electrons. The average molecular weight is 353 g/mol. The fourth-order valence-electron chi connectivity index (χ4n) is 2.05.